The van der Waals surface area contributed by atoms with Gasteiger partial charge in [0.05, 0.1) is 0 Å². The molecule has 1 aromatic carbocycles. The Labute approximate surface area is 124 Å². The summed E-state index contributed by atoms with van der Waals surface area (Å²) in [6.45, 7) is 0. The number of carbonyl (C=O) groups is 1. The summed E-state index contributed by atoms with van der Waals surface area (Å²) in [4.78, 5) is 11.4. The Bertz CT molecular complexity index is 392. The molecule has 2 rings (SSSR count). The predicted molar refractivity (Wildman–Crippen MR) is 84.9 cm³/mol. The van der Waals surface area contributed by atoms with E-state index in [1.165, 1.54) is 44.9 Å². The van der Waals surface area contributed by atoms with Crippen molar-refractivity contribution in [2.75, 3.05) is 0 Å². The summed E-state index contributed by atoms with van der Waals surface area (Å²) in [5.41, 5.74) is 7.21. The molecule has 1 saturated carbocycles. The highest BCUT2D eigenvalue weighted by Crippen LogP contribution is 2.28. The lowest BCUT2D eigenvalue weighted by Gasteiger charge is -2.20. The zero-order valence-corrected chi connectivity index (χ0v) is 12.4. The fourth-order valence-electron chi connectivity index (χ4n) is 2.77. The molecule has 0 saturated heterocycles. The summed E-state index contributed by atoms with van der Waals surface area (Å²) in [6, 6.07) is 7.74. The molecule has 0 spiro atoms. The van der Waals surface area contributed by atoms with Crippen LogP contribution in [0.15, 0.2) is 24.3 Å². The highest BCUT2D eigenvalue weighted by Gasteiger charge is 2.15. The average molecular weight is 272 g/mol. The molecule has 1 aliphatic carbocycles. The number of hydrogen-bond acceptors (Lipinski definition) is 1. The Kier molecular flexibility index (Phi) is 8.94. The number of nitrogens with two attached hydrogens (primary N) is 1. The molecule has 1 aromatic rings. The molecule has 20 heavy (non-hydrogen) atoms. The van der Waals surface area contributed by atoms with Crippen molar-refractivity contribution in [2.24, 2.45) is 5.73 Å². The molecule has 0 bridgehead atoms. The molecule has 0 heterocycles. The van der Waals surface area contributed by atoms with Crippen LogP contribution >= 0.6 is 0 Å². The van der Waals surface area contributed by atoms with Gasteiger partial charge < -0.3 is 5.73 Å². The highest BCUT2D eigenvalue weighted by molar-refractivity contribution is 5.94. The molecule has 1 aliphatic rings. The standard InChI is InChI=1S/C16H22NO.2CH2/c17-16(18)15-11-7-6-10-14(15)12-13-8-4-2-1-3-5-9-13;;/h6-7,10-11H,1-5,8-9,12H2,(H2,17,18);2*1H2. The summed E-state index contributed by atoms with van der Waals surface area (Å²) in [5, 5.41) is 0. The summed E-state index contributed by atoms with van der Waals surface area (Å²) in [5.74, 6) is 1.28. The van der Waals surface area contributed by atoms with Gasteiger partial charge in [0.2, 0.25) is 5.91 Å². The lowest BCUT2D eigenvalue weighted by molar-refractivity contribution is 0.0999. The number of hydrogen-bond donors (Lipinski definition) is 1. The molecule has 1 amide bonds. The van der Waals surface area contributed by atoms with Crippen molar-refractivity contribution >= 4 is 5.91 Å². The van der Waals surface area contributed by atoms with Crippen LogP contribution in [0, 0.1) is 20.8 Å². The molecule has 2 N–H and O–H groups in total. The number of benzene rings is 1. The van der Waals surface area contributed by atoms with E-state index in [9.17, 15) is 4.79 Å². The smallest absolute Gasteiger partial charge is 0.248 e. The van der Waals surface area contributed by atoms with Crippen molar-refractivity contribution in [3.05, 3.63) is 56.2 Å². The zero-order valence-electron chi connectivity index (χ0n) is 12.4. The van der Waals surface area contributed by atoms with Gasteiger partial charge in [0, 0.05) is 5.56 Å². The third-order valence-electron chi connectivity index (χ3n) is 3.78. The van der Waals surface area contributed by atoms with E-state index in [0.717, 1.165) is 12.0 Å². The normalized spacial score (nSPS) is 16.2. The van der Waals surface area contributed by atoms with Crippen molar-refractivity contribution in [2.45, 2.75) is 51.4 Å². The van der Waals surface area contributed by atoms with Gasteiger partial charge >= 0.3 is 0 Å². The van der Waals surface area contributed by atoms with Crippen LogP contribution < -0.4 is 5.73 Å². The summed E-state index contributed by atoms with van der Waals surface area (Å²) in [6.07, 6.45) is 10.0. The van der Waals surface area contributed by atoms with Crippen LogP contribution in [0.2, 0.25) is 0 Å². The van der Waals surface area contributed by atoms with Crippen molar-refractivity contribution < 1.29 is 4.79 Å². The van der Waals surface area contributed by atoms with E-state index in [4.69, 9.17) is 5.73 Å². The Balaban J connectivity index is 0.00000180. The Morgan fingerprint density at radius 1 is 0.950 bits per heavy atom. The van der Waals surface area contributed by atoms with Crippen LogP contribution in [-0.4, -0.2) is 5.91 Å². The first-order valence-electron chi connectivity index (χ1n) is 6.98. The van der Waals surface area contributed by atoms with E-state index in [2.05, 4.69) is 0 Å². The summed E-state index contributed by atoms with van der Waals surface area (Å²) in [7, 11) is 0. The third kappa shape index (κ3) is 5.36. The van der Waals surface area contributed by atoms with Crippen LogP contribution in [0.5, 0.6) is 0 Å². The molecular weight excluding hydrogens is 246 g/mol. The summed E-state index contributed by atoms with van der Waals surface area (Å²) < 4.78 is 0. The number of amides is 1. The maximum absolute atomic E-state index is 11.4. The highest BCUT2D eigenvalue weighted by atomic mass is 16.1. The SMILES string of the molecule is NC(=O)c1ccccc1C[C]1CCCCCCC1.[CH2].[CH2]. The van der Waals surface area contributed by atoms with Gasteiger partial charge in [-0.2, -0.15) is 0 Å². The molecule has 0 unspecified atom stereocenters. The van der Waals surface area contributed by atoms with Crippen LogP contribution in [0.3, 0.4) is 0 Å². The first-order valence-corrected chi connectivity index (χ1v) is 6.98. The average Bonchev–Trinajstić information content (AvgIpc) is 2.33. The Morgan fingerprint density at radius 3 is 2.10 bits per heavy atom. The minimum absolute atomic E-state index is 0. The van der Waals surface area contributed by atoms with Crippen LogP contribution in [0.1, 0.15) is 60.9 Å². The van der Waals surface area contributed by atoms with Crippen molar-refractivity contribution in [3.63, 3.8) is 0 Å². The van der Waals surface area contributed by atoms with E-state index < -0.39 is 0 Å². The molecule has 109 valence electrons. The van der Waals surface area contributed by atoms with Gasteiger partial charge in [0.25, 0.3) is 0 Å². The predicted octanol–water partition coefficient (Wildman–Crippen LogP) is 4.30. The topological polar surface area (TPSA) is 43.1 Å². The monoisotopic (exact) mass is 272 g/mol. The van der Waals surface area contributed by atoms with E-state index in [1.54, 1.807) is 5.92 Å². The molecule has 2 nitrogen and oxygen atoms in total. The van der Waals surface area contributed by atoms with Gasteiger partial charge in [-0.3, -0.25) is 4.79 Å². The lowest BCUT2D eigenvalue weighted by atomic mass is 9.85. The molecule has 1 fully saturated rings. The van der Waals surface area contributed by atoms with Crippen molar-refractivity contribution in [3.8, 4) is 0 Å². The Hall–Kier alpha value is -1.31. The fourth-order valence-corrected chi connectivity index (χ4v) is 2.77. The molecular formula is C18H26NO. The fraction of sp³-hybridized carbons (Fsp3) is 0.444. The van der Waals surface area contributed by atoms with E-state index in [0.29, 0.717) is 5.56 Å². The van der Waals surface area contributed by atoms with Gasteiger partial charge in [-0.05, 0) is 36.8 Å². The maximum atomic E-state index is 11.4. The summed E-state index contributed by atoms with van der Waals surface area (Å²) >= 11 is 0. The second kappa shape index (κ2) is 9.57. The van der Waals surface area contributed by atoms with Crippen LogP contribution in [0.25, 0.3) is 0 Å². The first-order chi connectivity index (χ1) is 8.77. The quantitative estimate of drug-likeness (QED) is 0.875. The molecule has 5 radical (unpaired) electrons. The number of rotatable bonds is 3. The first kappa shape index (κ1) is 18.7. The van der Waals surface area contributed by atoms with Crippen LogP contribution in [-0.2, 0) is 6.42 Å². The van der Waals surface area contributed by atoms with Crippen molar-refractivity contribution in [1.82, 2.24) is 0 Å². The molecule has 0 aliphatic heterocycles. The lowest BCUT2D eigenvalue weighted by Crippen LogP contribution is -2.15. The molecule has 2 heteroatoms. The second-order valence-corrected chi connectivity index (χ2v) is 5.22. The van der Waals surface area contributed by atoms with E-state index >= 15 is 0 Å². The maximum Gasteiger partial charge on any atom is 0.248 e. The van der Waals surface area contributed by atoms with Crippen LogP contribution in [0.4, 0.5) is 0 Å². The van der Waals surface area contributed by atoms with E-state index in [1.807, 2.05) is 24.3 Å². The van der Waals surface area contributed by atoms with Crippen molar-refractivity contribution in [1.29, 1.82) is 0 Å². The largest absolute Gasteiger partial charge is 0.366 e. The minimum atomic E-state index is -0.308. The third-order valence-corrected chi connectivity index (χ3v) is 3.78. The van der Waals surface area contributed by atoms with Gasteiger partial charge in [-0.1, -0.05) is 65.2 Å². The zero-order chi connectivity index (χ0) is 12.8. The van der Waals surface area contributed by atoms with Gasteiger partial charge in [0.15, 0.2) is 0 Å². The Morgan fingerprint density at radius 2 is 1.50 bits per heavy atom. The van der Waals surface area contributed by atoms with Gasteiger partial charge in [-0.25, -0.2) is 0 Å². The molecule has 0 aromatic heterocycles. The number of carbonyl (C=O) groups excluding carboxylic acids is 1. The van der Waals surface area contributed by atoms with Gasteiger partial charge in [-0.15, -0.1) is 0 Å². The van der Waals surface area contributed by atoms with Gasteiger partial charge in [0.1, 0.15) is 0 Å². The number of primary amides is 1. The molecule has 0 atom stereocenters. The van der Waals surface area contributed by atoms with E-state index in [-0.39, 0.29) is 20.8 Å². The minimum Gasteiger partial charge on any atom is -0.366 e. The second-order valence-electron chi connectivity index (χ2n) is 5.22.